The molecular formula is C20H16N4O3S. The Morgan fingerprint density at radius 2 is 2.00 bits per heavy atom. The van der Waals surface area contributed by atoms with Gasteiger partial charge in [0.2, 0.25) is 5.43 Å². The second-order valence-electron chi connectivity index (χ2n) is 5.84. The molecule has 0 fully saturated rings. The quantitative estimate of drug-likeness (QED) is 0.562. The van der Waals surface area contributed by atoms with Crippen molar-refractivity contribution in [2.24, 2.45) is 0 Å². The fourth-order valence-electron chi connectivity index (χ4n) is 2.66. The highest BCUT2D eigenvalue weighted by molar-refractivity contribution is 7.22. The maximum atomic E-state index is 12.6. The molecule has 0 atom stereocenters. The molecule has 0 radical (unpaired) electrons. The highest BCUT2D eigenvalue weighted by Crippen LogP contribution is 2.29. The van der Waals surface area contributed by atoms with E-state index >= 15 is 0 Å². The number of hydrogen-bond acceptors (Lipinski definition) is 6. The first-order valence-electron chi connectivity index (χ1n) is 8.64. The molecule has 140 valence electrons. The fourth-order valence-corrected chi connectivity index (χ4v) is 3.55. The molecule has 1 amide bonds. The zero-order chi connectivity index (χ0) is 19.5. The molecule has 1 N–H and O–H groups in total. The molecule has 0 saturated carbocycles. The highest BCUT2D eigenvalue weighted by Gasteiger charge is 2.16. The second kappa shape index (κ2) is 7.61. The third-order valence-corrected chi connectivity index (χ3v) is 4.87. The Morgan fingerprint density at radius 1 is 1.18 bits per heavy atom. The van der Waals surface area contributed by atoms with Crippen LogP contribution in [0.2, 0.25) is 0 Å². The van der Waals surface area contributed by atoms with Crippen molar-refractivity contribution in [3.8, 4) is 11.4 Å². The second-order valence-corrected chi connectivity index (χ2v) is 6.88. The first kappa shape index (κ1) is 17.9. The van der Waals surface area contributed by atoms with Crippen LogP contribution >= 0.6 is 11.3 Å². The number of fused-ring (bicyclic) bond motifs is 1. The number of hydrogen-bond donors (Lipinski definition) is 1. The number of carbonyl (C=O) groups excluding carboxylic acids is 1. The van der Waals surface area contributed by atoms with Gasteiger partial charge in [-0.15, -0.1) is 0 Å². The van der Waals surface area contributed by atoms with Crippen LogP contribution in [0.15, 0.2) is 65.6 Å². The Bertz CT molecular complexity index is 1200. The SMILES string of the molecule is CCOc1ccc2nc(NC(=O)c3nn(-c4ccccc4)ccc3=O)sc2c1. The molecular weight excluding hydrogens is 376 g/mol. The number of ether oxygens (including phenoxy) is 1. The Morgan fingerprint density at radius 3 is 2.79 bits per heavy atom. The highest BCUT2D eigenvalue weighted by atomic mass is 32.1. The van der Waals surface area contributed by atoms with Gasteiger partial charge in [0.15, 0.2) is 10.8 Å². The van der Waals surface area contributed by atoms with Crippen molar-refractivity contribution in [2.45, 2.75) is 6.92 Å². The first-order chi connectivity index (χ1) is 13.6. The van der Waals surface area contributed by atoms with Gasteiger partial charge >= 0.3 is 0 Å². The van der Waals surface area contributed by atoms with E-state index in [1.54, 1.807) is 0 Å². The number of rotatable bonds is 5. The van der Waals surface area contributed by atoms with Crippen LogP contribution in [-0.2, 0) is 0 Å². The van der Waals surface area contributed by atoms with E-state index in [4.69, 9.17) is 4.74 Å². The Balaban J connectivity index is 1.61. The standard InChI is InChI=1S/C20H16N4O3S/c1-2-27-14-8-9-15-17(12-14)28-20(21-15)22-19(26)18-16(25)10-11-24(23-18)13-6-4-3-5-7-13/h3-12H,2H2,1H3,(H,21,22,26). The van der Waals surface area contributed by atoms with Crippen LogP contribution in [0, 0.1) is 0 Å². The van der Waals surface area contributed by atoms with Crippen molar-refractivity contribution in [1.82, 2.24) is 14.8 Å². The molecule has 0 unspecified atom stereocenters. The average molecular weight is 392 g/mol. The summed E-state index contributed by atoms with van der Waals surface area (Å²) >= 11 is 1.31. The number of nitrogens with one attached hydrogen (secondary N) is 1. The predicted octanol–water partition coefficient (Wildman–Crippen LogP) is 3.49. The molecule has 0 aliphatic carbocycles. The van der Waals surface area contributed by atoms with E-state index < -0.39 is 11.3 Å². The van der Waals surface area contributed by atoms with Gasteiger partial charge < -0.3 is 4.74 Å². The van der Waals surface area contributed by atoms with E-state index in [1.165, 1.54) is 28.3 Å². The number of aromatic nitrogens is 3. The number of nitrogens with zero attached hydrogens (tertiary/aromatic N) is 3. The van der Waals surface area contributed by atoms with Gasteiger partial charge in [-0.05, 0) is 37.3 Å². The summed E-state index contributed by atoms with van der Waals surface area (Å²) in [5.74, 6) is 0.145. The van der Waals surface area contributed by atoms with E-state index in [9.17, 15) is 9.59 Å². The molecule has 2 heterocycles. The minimum absolute atomic E-state index is 0.194. The molecule has 0 aliphatic heterocycles. The number of thiazole rings is 1. The molecule has 2 aromatic carbocycles. The van der Waals surface area contributed by atoms with Crippen LogP contribution in [-0.4, -0.2) is 27.3 Å². The maximum Gasteiger partial charge on any atom is 0.281 e. The smallest absolute Gasteiger partial charge is 0.281 e. The Kier molecular flexibility index (Phi) is 4.86. The Hall–Kier alpha value is -3.52. The van der Waals surface area contributed by atoms with E-state index in [0.717, 1.165) is 21.7 Å². The first-order valence-corrected chi connectivity index (χ1v) is 9.46. The van der Waals surface area contributed by atoms with Crippen LogP contribution in [0.4, 0.5) is 5.13 Å². The van der Waals surface area contributed by atoms with Gasteiger partial charge in [0.05, 0.1) is 22.5 Å². The van der Waals surface area contributed by atoms with Crippen LogP contribution in [0.1, 0.15) is 17.4 Å². The molecule has 4 rings (SSSR count). The number of para-hydroxylation sites is 1. The van der Waals surface area contributed by atoms with E-state index in [1.807, 2.05) is 55.5 Å². The summed E-state index contributed by atoms with van der Waals surface area (Å²) < 4.78 is 7.85. The zero-order valence-corrected chi connectivity index (χ0v) is 15.8. The summed E-state index contributed by atoms with van der Waals surface area (Å²) in [7, 11) is 0. The van der Waals surface area contributed by atoms with Crippen LogP contribution in [0.3, 0.4) is 0 Å². The van der Waals surface area contributed by atoms with Crippen molar-refractivity contribution < 1.29 is 9.53 Å². The molecule has 4 aromatic rings. The van der Waals surface area contributed by atoms with E-state index in [0.29, 0.717) is 11.7 Å². The summed E-state index contributed by atoms with van der Waals surface area (Å²) in [4.78, 5) is 29.2. The van der Waals surface area contributed by atoms with Crippen LogP contribution in [0.25, 0.3) is 15.9 Å². The van der Waals surface area contributed by atoms with Crippen molar-refractivity contribution in [2.75, 3.05) is 11.9 Å². The molecule has 0 saturated heterocycles. The lowest BCUT2D eigenvalue weighted by Crippen LogP contribution is -2.25. The summed E-state index contributed by atoms with van der Waals surface area (Å²) in [5.41, 5.74) is 0.844. The lowest BCUT2D eigenvalue weighted by molar-refractivity contribution is 0.101. The van der Waals surface area contributed by atoms with Gasteiger partial charge in [-0.3, -0.25) is 14.9 Å². The van der Waals surface area contributed by atoms with Gasteiger partial charge in [0, 0.05) is 12.3 Å². The molecule has 8 heteroatoms. The van der Waals surface area contributed by atoms with Crippen LogP contribution in [0.5, 0.6) is 5.75 Å². The predicted molar refractivity (Wildman–Crippen MR) is 109 cm³/mol. The number of amides is 1. The monoisotopic (exact) mass is 392 g/mol. The average Bonchev–Trinajstić information content (AvgIpc) is 3.10. The number of anilines is 1. The summed E-state index contributed by atoms with van der Waals surface area (Å²) in [6.45, 7) is 2.48. The summed E-state index contributed by atoms with van der Waals surface area (Å²) in [6.07, 6.45) is 1.53. The molecule has 0 aliphatic rings. The van der Waals surface area contributed by atoms with Gasteiger partial charge in [-0.1, -0.05) is 29.5 Å². The van der Waals surface area contributed by atoms with Gasteiger partial charge in [0.25, 0.3) is 5.91 Å². The lowest BCUT2D eigenvalue weighted by Gasteiger charge is -2.06. The molecule has 0 bridgehead atoms. The third-order valence-electron chi connectivity index (χ3n) is 3.94. The van der Waals surface area contributed by atoms with E-state index in [2.05, 4.69) is 15.4 Å². The largest absolute Gasteiger partial charge is 0.494 e. The minimum Gasteiger partial charge on any atom is -0.494 e. The van der Waals surface area contributed by atoms with Crippen molar-refractivity contribution in [1.29, 1.82) is 0 Å². The normalized spacial score (nSPS) is 10.8. The molecule has 7 nitrogen and oxygen atoms in total. The van der Waals surface area contributed by atoms with Gasteiger partial charge in [-0.2, -0.15) is 5.10 Å². The van der Waals surface area contributed by atoms with Crippen molar-refractivity contribution in [3.63, 3.8) is 0 Å². The van der Waals surface area contributed by atoms with E-state index in [-0.39, 0.29) is 5.69 Å². The minimum atomic E-state index is -0.598. The van der Waals surface area contributed by atoms with Crippen LogP contribution < -0.4 is 15.5 Å². The molecule has 2 aromatic heterocycles. The van der Waals surface area contributed by atoms with Gasteiger partial charge in [0.1, 0.15) is 5.75 Å². The topological polar surface area (TPSA) is 86.1 Å². The number of carbonyl (C=O) groups is 1. The Labute approximate surface area is 164 Å². The van der Waals surface area contributed by atoms with Gasteiger partial charge in [-0.25, -0.2) is 9.67 Å². The fraction of sp³-hybridized carbons (Fsp3) is 0.100. The lowest BCUT2D eigenvalue weighted by atomic mass is 10.3. The summed E-state index contributed by atoms with van der Waals surface area (Å²) in [5, 5.41) is 7.24. The third kappa shape index (κ3) is 3.63. The molecule has 0 spiro atoms. The van der Waals surface area contributed by atoms with Crippen molar-refractivity contribution in [3.05, 3.63) is 76.7 Å². The van der Waals surface area contributed by atoms with Crippen molar-refractivity contribution >= 4 is 32.6 Å². The molecule has 28 heavy (non-hydrogen) atoms. The summed E-state index contributed by atoms with van der Waals surface area (Å²) in [6, 6.07) is 16.1. The number of benzene rings is 2. The maximum absolute atomic E-state index is 12.6. The zero-order valence-electron chi connectivity index (χ0n) is 15.0.